The van der Waals surface area contributed by atoms with Gasteiger partial charge in [-0.1, -0.05) is 13.8 Å². The Morgan fingerprint density at radius 3 is 2.73 bits per heavy atom. The number of hydrogen-bond acceptors (Lipinski definition) is 2. The SMILES string of the molecule is CCC(C)C(=O)[C@@H]1C[C@@H]1CN. The maximum Gasteiger partial charge on any atom is 0.139 e. The van der Waals surface area contributed by atoms with Crippen molar-refractivity contribution in [2.75, 3.05) is 6.54 Å². The van der Waals surface area contributed by atoms with E-state index in [1.54, 1.807) is 0 Å². The second-order valence-corrected chi connectivity index (χ2v) is 3.55. The van der Waals surface area contributed by atoms with Gasteiger partial charge in [0, 0.05) is 11.8 Å². The lowest BCUT2D eigenvalue weighted by atomic mass is 9.99. The molecule has 2 N–H and O–H groups in total. The van der Waals surface area contributed by atoms with Crippen LogP contribution in [-0.4, -0.2) is 12.3 Å². The van der Waals surface area contributed by atoms with Crippen LogP contribution in [0.2, 0.25) is 0 Å². The first-order chi connectivity index (χ1) is 5.20. The number of carbonyl (C=O) groups is 1. The van der Waals surface area contributed by atoms with E-state index in [0.29, 0.717) is 24.2 Å². The van der Waals surface area contributed by atoms with E-state index in [2.05, 4.69) is 6.92 Å². The summed E-state index contributed by atoms with van der Waals surface area (Å²) in [7, 11) is 0. The molecular formula is C9H17NO. The van der Waals surface area contributed by atoms with E-state index >= 15 is 0 Å². The van der Waals surface area contributed by atoms with E-state index < -0.39 is 0 Å². The van der Waals surface area contributed by atoms with E-state index in [1.807, 2.05) is 6.92 Å². The van der Waals surface area contributed by atoms with E-state index in [9.17, 15) is 4.79 Å². The predicted molar refractivity (Wildman–Crippen MR) is 45.1 cm³/mol. The Morgan fingerprint density at radius 2 is 2.36 bits per heavy atom. The molecule has 2 nitrogen and oxygen atoms in total. The molecule has 0 aliphatic heterocycles. The summed E-state index contributed by atoms with van der Waals surface area (Å²) < 4.78 is 0. The monoisotopic (exact) mass is 155 g/mol. The molecule has 1 rings (SSSR count). The molecule has 0 aromatic heterocycles. The smallest absolute Gasteiger partial charge is 0.139 e. The van der Waals surface area contributed by atoms with Gasteiger partial charge in [-0.05, 0) is 25.3 Å². The molecule has 64 valence electrons. The summed E-state index contributed by atoms with van der Waals surface area (Å²) >= 11 is 0. The van der Waals surface area contributed by atoms with Crippen molar-refractivity contribution < 1.29 is 4.79 Å². The highest BCUT2D eigenvalue weighted by Crippen LogP contribution is 2.40. The van der Waals surface area contributed by atoms with Crippen LogP contribution in [-0.2, 0) is 4.79 Å². The highest BCUT2D eigenvalue weighted by Gasteiger charge is 2.42. The van der Waals surface area contributed by atoms with Crippen molar-refractivity contribution in [3.63, 3.8) is 0 Å². The van der Waals surface area contributed by atoms with E-state index in [-0.39, 0.29) is 5.92 Å². The van der Waals surface area contributed by atoms with Crippen LogP contribution in [0.5, 0.6) is 0 Å². The summed E-state index contributed by atoms with van der Waals surface area (Å²) in [6.07, 6.45) is 2.01. The summed E-state index contributed by atoms with van der Waals surface area (Å²) in [4.78, 5) is 11.5. The van der Waals surface area contributed by atoms with Crippen LogP contribution in [0.4, 0.5) is 0 Å². The number of Topliss-reactive ketones (excluding diaryl/α,β-unsaturated/α-hetero) is 1. The second kappa shape index (κ2) is 3.35. The second-order valence-electron chi connectivity index (χ2n) is 3.55. The lowest BCUT2D eigenvalue weighted by molar-refractivity contribution is -0.123. The number of ketones is 1. The van der Waals surface area contributed by atoms with Gasteiger partial charge in [0.15, 0.2) is 0 Å². The maximum absolute atomic E-state index is 11.5. The van der Waals surface area contributed by atoms with Gasteiger partial charge in [0.05, 0.1) is 0 Å². The van der Waals surface area contributed by atoms with Gasteiger partial charge >= 0.3 is 0 Å². The molecule has 2 heteroatoms. The normalized spacial score (nSPS) is 31.5. The van der Waals surface area contributed by atoms with Crippen molar-refractivity contribution >= 4 is 5.78 Å². The molecule has 0 aromatic rings. The van der Waals surface area contributed by atoms with Crippen LogP contribution in [0.3, 0.4) is 0 Å². The van der Waals surface area contributed by atoms with Gasteiger partial charge in [-0.2, -0.15) is 0 Å². The van der Waals surface area contributed by atoms with Crippen LogP contribution >= 0.6 is 0 Å². The molecule has 0 radical (unpaired) electrons. The zero-order valence-corrected chi connectivity index (χ0v) is 7.34. The van der Waals surface area contributed by atoms with Crippen molar-refractivity contribution in [3.8, 4) is 0 Å². The lowest BCUT2D eigenvalue weighted by Crippen LogP contribution is -2.15. The number of nitrogens with two attached hydrogens (primary N) is 1. The molecule has 1 saturated carbocycles. The molecule has 1 unspecified atom stereocenters. The Morgan fingerprint density at radius 1 is 1.73 bits per heavy atom. The summed E-state index contributed by atoms with van der Waals surface area (Å²) in [5.41, 5.74) is 5.45. The highest BCUT2D eigenvalue weighted by molar-refractivity contribution is 5.85. The fraction of sp³-hybridized carbons (Fsp3) is 0.889. The average Bonchev–Trinajstić information content (AvgIpc) is 2.80. The Bertz CT molecular complexity index is 156. The van der Waals surface area contributed by atoms with Gasteiger partial charge in [-0.25, -0.2) is 0 Å². The van der Waals surface area contributed by atoms with E-state index in [0.717, 1.165) is 12.8 Å². The third-order valence-electron chi connectivity index (χ3n) is 2.69. The fourth-order valence-corrected chi connectivity index (χ4v) is 1.42. The van der Waals surface area contributed by atoms with Crippen molar-refractivity contribution in [1.29, 1.82) is 0 Å². The van der Waals surface area contributed by atoms with Crippen LogP contribution in [0, 0.1) is 17.8 Å². The largest absolute Gasteiger partial charge is 0.330 e. The van der Waals surface area contributed by atoms with Crippen LogP contribution in [0.15, 0.2) is 0 Å². The van der Waals surface area contributed by atoms with Crippen molar-refractivity contribution in [3.05, 3.63) is 0 Å². The van der Waals surface area contributed by atoms with Gasteiger partial charge in [0.2, 0.25) is 0 Å². The Hall–Kier alpha value is -0.370. The molecule has 1 fully saturated rings. The molecule has 0 heterocycles. The topological polar surface area (TPSA) is 43.1 Å². The summed E-state index contributed by atoms with van der Waals surface area (Å²) in [5, 5.41) is 0. The Balaban J connectivity index is 2.33. The van der Waals surface area contributed by atoms with Crippen molar-refractivity contribution in [2.45, 2.75) is 26.7 Å². The van der Waals surface area contributed by atoms with Gasteiger partial charge in [0.1, 0.15) is 5.78 Å². The standard InChI is InChI=1S/C9H17NO/c1-3-6(2)9(11)8-4-7(8)5-10/h6-8H,3-5,10H2,1-2H3/t6?,7-,8-/m1/s1. The van der Waals surface area contributed by atoms with Gasteiger partial charge in [-0.15, -0.1) is 0 Å². The first-order valence-electron chi connectivity index (χ1n) is 4.44. The molecule has 3 atom stereocenters. The van der Waals surface area contributed by atoms with Crippen LogP contribution in [0.25, 0.3) is 0 Å². The number of hydrogen-bond donors (Lipinski definition) is 1. The molecule has 0 spiro atoms. The Labute approximate surface area is 68.2 Å². The van der Waals surface area contributed by atoms with Crippen molar-refractivity contribution in [1.82, 2.24) is 0 Å². The lowest BCUT2D eigenvalue weighted by Gasteiger charge is -2.05. The average molecular weight is 155 g/mol. The van der Waals surface area contributed by atoms with Gasteiger partial charge in [0.25, 0.3) is 0 Å². The third kappa shape index (κ3) is 1.80. The van der Waals surface area contributed by atoms with Gasteiger partial charge in [-0.3, -0.25) is 4.79 Å². The zero-order chi connectivity index (χ0) is 8.43. The maximum atomic E-state index is 11.5. The minimum Gasteiger partial charge on any atom is -0.330 e. The molecule has 1 aliphatic carbocycles. The predicted octanol–water partition coefficient (Wildman–Crippen LogP) is 1.20. The van der Waals surface area contributed by atoms with Gasteiger partial charge < -0.3 is 5.73 Å². The minimum absolute atomic E-state index is 0.247. The molecular weight excluding hydrogens is 138 g/mol. The molecule has 0 bridgehead atoms. The molecule has 1 aliphatic rings. The van der Waals surface area contributed by atoms with E-state index in [4.69, 9.17) is 5.73 Å². The Kier molecular flexibility index (Phi) is 2.66. The summed E-state index contributed by atoms with van der Waals surface area (Å²) in [5.74, 6) is 1.51. The third-order valence-corrected chi connectivity index (χ3v) is 2.69. The van der Waals surface area contributed by atoms with Crippen molar-refractivity contribution in [2.24, 2.45) is 23.5 Å². The van der Waals surface area contributed by atoms with E-state index in [1.165, 1.54) is 0 Å². The summed E-state index contributed by atoms with van der Waals surface area (Å²) in [6, 6.07) is 0. The minimum atomic E-state index is 0.247. The quantitative estimate of drug-likeness (QED) is 0.662. The number of rotatable bonds is 4. The molecule has 0 amide bonds. The number of carbonyl (C=O) groups excluding carboxylic acids is 1. The highest BCUT2D eigenvalue weighted by atomic mass is 16.1. The molecule has 11 heavy (non-hydrogen) atoms. The van der Waals surface area contributed by atoms with Crippen LogP contribution in [0.1, 0.15) is 26.7 Å². The molecule has 0 aromatic carbocycles. The zero-order valence-electron chi connectivity index (χ0n) is 7.34. The summed E-state index contributed by atoms with van der Waals surface area (Å²) in [6.45, 7) is 4.75. The first-order valence-corrected chi connectivity index (χ1v) is 4.44. The van der Waals surface area contributed by atoms with Crippen LogP contribution < -0.4 is 5.73 Å². The fourth-order valence-electron chi connectivity index (χ4n) is 1.42. The molecule has 0 saturated heterocycles. The first kappa shape index (κ1) is 8.72.